The van der Waals surface area contributed by atoms with E-state index in [4.69, 9.17) is 4.42 Å². The van der Waals surface area contributed by atoms with Crippen molar-refractivity contribution in [3.05, 3.63) is 82.2 Å². The molecule has 5 heteroatoms. The van der Waals surface area contributed by atoms with Crippen LogP contribution < -0.4 is 10.9 Å². The molecule has 2 heterocycles. The van der Waals surface area contributed by atoms with E-state index in [2.05, 4.69) is 22.3 Å². The van der Waals surface area contributed by atoms with Gasteiger partial charge in [-0.05, 0) is 43.6 Å². The molecule has 1 saturated heterocycles. The molecular weight excluding hydrogens is 352 g/mol. The molecule has 0 radical (unpaired) electrons. The lowest BCUT2D eigenvalue weighted by Gasteiger charge is -2.35. The van der Waals surface area contributed by atoms with E-state index in [0.717, 1.165) is 18.5 Å². The quantitative estimate of drug-likeness (QED) is 0.689. The van der Waals surface area contributed by atoms with Gasteiger partial charge in [0.25, 0.3) is 5.91 Å². The first-order chi connectivity index (χ1) is 13.7. The van der Waals surface area contributed by atoms with Crippen LogP contribution in [0.2, 0.25) is 0 Å². The van der Waals surface area contributed by atoms with Crippen molar-refractivity contribution in [2.75, 3.05) is 19.6 Å². The molecule has 28 heavy (non-hydrogen) atoms. The highest BCUT2D eigenvalue weighted by atomic mass is 16.4. The van der Waals surface area contributed by atoms with Crippen LogP contribution >= 0.6 is 0 Å². The van der Waals surface area contributed by atoms with Crippen LogP contribution in [0.3, 0.4) is 0 Å². The summed E-state index contributed by atoms with van der Waals surface area (Å²) in [6.07, 6.45) is 3.60. The maximum Gasteiger partial charge on any atom is 0.349 e. The molecule has 1 aromatic heterocycles. The van der Waals surface area contributed by atoms with Gasteiger partial charge in [-0.1, -0.05) is 55.0 Å². The maximum atomic E-state index is 12.7. The highest BCUT2D eigenvalue weighted by Crippen LogP contribution is 2.24. The molecule has 1 amide bonds. The molecule has 1 aliphatic heterocycles. The molecule has 1 aliphatic rings. The molecule has 1 N–H and O–H groups in total. The van der Waals surface area contributed by atoms with Crippen molar-refractivity contribution in [2.45, 2.75) is 25.3 Å². The predicted octanol–water partition coefficient (Wildman–Crippen LogP) is 3.75. The van der Waals surface area contributed by atoms with Gasteiger partial charge in [0.05, 0.1) is 6.04 Å². The Morgan fingerprint density at radius 1 is 1.00 bits per heavy atom. The number of benzene rings is 2. The Kier molecular flexibility index (Phi) is 5.53. The van der Waals surface area contributed by atoms with Crippen LogP contribution in [0, 0.1) is 0 Å². The third kappa shape index (κ3) is 3.99. The van der Waals surface area contributed by atoms with E-state index in [1.807, 2.05) is 30.3 Å². The number of carbonyl (C=O) groups is 1. The standard InChI is InChI=1S/C23H24N2O3/c26-22(19-15-18-11-5-6-12-21(18)28-23(19)27)24-16-20(17-9-3-1-4-10-17)25-13-7-2-8-14-25/h1,3-6,9-12,15,20H,2,7-8,13-14,16H2,(H,24,26). The van der Waals surface area contributed by atoms with Crippen LogP contribution in [0.25, 0.3) is 11.0 Å². The number of para-hydroxylation sites is 1. The van der Waals surface area contributed by atoms with E-state index in [1.165, 1.54) is 24.8 Å². The van der Waals surface area contributed by atoms with Gasteiger partial charge in [-0.25, -0.2) is 4.79 Å². The van der Waals surface area contributed by atoms with Gasteiger partial charge in [-0.15, -0.1) is 0 Å². The second-order valence-electron chi connectivity index (χ2n) is 7.22. The zero-order valence-electron chi connectivity index (χ0n) is 15.8. The summed E-state index contributed by atoms with van der Waals surface area (Å²) in [5, 5.41) is 3.70. The smallest absolute Gasteiger partial charge is 0.349 e. The Morgan fingerprint density at radius 2 is 1.71 bits per heavy atom. The van der Waals surface area contributed by atoms with E-state index in [-0.39, 0.29) is 11.6 Å². The first-order valence-electron chi connectivity index (χ1n) is 9.82. The van der Waals surface area contributed by atoms with E-state index >= 15 is 0 Å². The molecule has 2 aromatic carbocycles. The van der Waals surface area contributed by atoms with Crippen molar-refractivity contribution >= 4 is 16.9 Å². The van der Waals surface area contributed by atoms with Gasteiger partial charge in [-0.3, -0.25) is 9.69 Å². The SMILES string of the molecule is O=C(NCC(c1ccccc1)N1CCCCC1)c1cc2ccccc2oc1=O. The van der Waals surface area contributed by atoms with E-state index < -0.39 is 11.5 Å². The Labute approximate surface area is 164 Å². The molecule has 0 bridgehead atoms. The zero-order chi connectivity index (χ0) is 19.3. The van der Waals surface area contributed by atoms with Crippen molar-refractivity contribution < 1.29 is 9.21 Å². The lowest BCUT2D eigenvalue weighted by Crippen LogP contribution is -2.41. The molecule has 0 aliphatic carbocycles. The average molecular weight is 376 g/mol. The van der Waals surface area contributed by atoms with Crippen LogP contribution in [-0.2, 0) is 0 Å². The number of likely N-dealkylation sites (tertiary alicyclic amines) is 1. The number of hydrogen-bond donors (Lipinski definition) is 1. The van der Waals surface area contributed by atoms with Crippen molar-refractivity contribution in [1.29, 1.82) is 0 Å². The molecule has 1 fully saturated rings. The number of rotatable bonds is 5. The summed E-state index contributed by atoms with van der Waals surface area (Å²) in [5.41, 5.74) is 1.10. The largest absolute Gasteiger partial charge is 0.422 e. The van der Waals surface area contributed by atoms with Crippen LogP contribution in [0.1, 0.15) is 41.2 Å². The van der Waals surface area contributed by atoms with Gasteiger partial charge < -0.3 is 9.73 Å². The lowest BCUT2D eigenvalue weighted by atomic mass is 10.0. The number of nitrogens with zero attached hydrogens (tertiary/aromatic N) is 1. The van der Waals surface area contributed by atoms with Gasteiger partial charge in [-0.2, -0.15) is 0 Å². The fraction of sp³-hybridized carbons (Fsp3) is 0.304. The lowest BCUT2D eigenvalue weighted by molar-refractivity contribution is 0.0921. The summed E-state index contributed by atoms with van der Waals surface area (Å²) in [7, 11) is 0. The number of amides is 1. The topological polar surface area (TPSA) is 62.6 Å². The number of carbonyl (C=O) groups excluding carboxylic acids is 1. The minimum absolute atomic E-state index is 0.0455. The third-order valence-electron chi connectivity index (χ3n) is 5.36. The van der Waals surface area contributed by atoms with Gasteiger partial charge in [0.15, 0.2) is 0 Å². The monoisotopic (exact) mass is 376 g/mol. The van der Waals surface area contributed by atoms with Gasteiger partial charge >= 0.3 is 5.63 Å². The molecule has 0 spiro atoms. The van der Waals surface area contributed by atoms with Crippen molar-refractivity contribution in [3.8, 4) is 0 Å². The van der Waals surface area contributed by atoms with E-state index in [1.54, 1.807) is 18.2 Å². The van der Waals surface area contributed by atoms with Crippen LogP contribution in [0.5, 0.6) is 0 Å². The Balaban J connectivity index is 1.54. The second-order valence-corrected chi connectivity index (χ2v) is 7.22. The summed E-state index contributed by atoms with van der Waals surface area (Å²) in [4.78, 5) is 27.4. The summed E-state index contributed by atoms with van der Waals surface area (Å²) in [6, 6.07) is 19.1. The number of nitrogens with one attached hydrogen (secondary N) is 1. The first-order valence-corrected chi connectivity index (χ1v) is 9.82. The fourth-order valence-corrected chi connectivity index (χ4v) is 3.87. The van der Waals surface area contributed by atoms with Crippen LogP contribution in [0.15, 0.2) is 69.9 Å². The Hall–Kier alpha value is -2.92. The normalized spacial score (nSPS) is 16.0. The van der Waals surface area contributed by atoms with E-state index in [9.17, 15) is 9.59 Å². The second kappa shape index (κ2) is 8.40. The third-order valence-corrected chi connectivity index (χ3v) is 5.36. The summed E-state index contributed by atoms with van der Waals surface area (Å²) < 4.78 is 5.29. The van der Waals surface area contributed by atoms with Crippen molar-refractivity contribution in [2.24, 2.45) is 0 Å². The Bertz CT molecular complexity index is 1010. The molecular formula is C23H24N2O3. The summed E-state index contributed by atoms with van der Waals surface area (Å²) in [6.45, 7) is 2.50. The number of hydrogen-bond acceptors (Lipinski definition) is 4. The molecule has 4 rings (SSSR count). The van der Waals surface area contributed by atoms with Crippen molar-refractivity contribution in [1.82, 2.24) is 10.2 Å². The molecule has 3 aromatic rings. The van der Waals surface area contributed by atoms with E-state index in [0.29, 0.717) is 12.1 Å². The molecule has 1 unspecified atom stereocenters. The number of piperidine rings is 1. The minimum Gasteiger partial charge on any atom is -0.422 e. The molecule has 5 nitrogen and oxygen atoms in total. The molecule has 0 saturated carbocycles. The molecule has 1 atom stereocenters. The number of fused-ring (bicyclic) bond motifs is 1. The summed E-state index contributed by atoms with van der Waals surface area (Å²) in [5.74, 6) is -0.391. The average Bonchev–Trinajstić information content (AvgIpc) is 2.75. The molecule has 144 valence electrons. The fourth-order valence-electron chi connectivity index (χ4n) is 3.87. The van der Waals surface area contributed by atoms with Crippen molar-refractivity contribution in [3.63, 3.8) is 0 Å². The Morgan fingerprint density at radius 3 is 2.50 bits per heavy atom. The van der Waals surface area contributed by atoms with Gasteiger partial charge in [0, 0.05) is 11.9 Å². The zero-order valence-corrected chi connectivity index (χ0v) is 15.8. The van der Waals surface area contributed by atoms with Gasteiger partial charge in [0.1, 0.15) is 11.1 Å². The first kappa shape index (κ1) is 18.4. The van der Waals surface area contributed by atoms with Crippen LogP contribution in [0.4, 0.5) is 0 Å². The van der Waals surface area contributed by atoms with Crippen LogP contribution in [-0.4, -0.2) is 30.4 Å². The maximum absolute atomic E-state index is 12.7. The predicted molar refractivity (Wildman–Crippen MR) is 109 cm³/mol. The van der Waals surface area contributed by atoms with Gasteiger partial charge in [0.2, 0.25) is 0 Å². The highest BCUT2D eigenvalue weighted by Gasteiger charge is 2.23. The summed E-state index contributed by atoms with van der Waals surface area (Å²) >= 11 is 0. The minimum atomic E-state index is -0.606. The highest BCUT2D eigenvalue weighted by molar-refractivity contribution is 5.96.